The molecule has 1 saturated heterocycles. The van der Waals surface area contributed by atoms with E-state index in [9.17, 15) is 14.0 Å². The molecule has 5 nitrogen and oxygen atoms in total. The van der Waals surface area contributed by atoms with Crippen molar-refractivity contribution in [1.82, 2.24) is 10.2 Å². The Morgan fingerprint density at radius 2 is 1.87 bits per heavy atom. The highest BCUT2D eigenvalue weighted by molar-refractivity contribution is 5.94. The van der Waals surface area contributed by atoms with Crippen molar-refractivity contribution >= 4 is 11.8 Å². The molecule has 2 aliphatic rings. The third kappa shape index (κ3) is 4.81. The van der Waals surface area contributed by atoms with Crippen LogP contribution in [-0.2, 0) is 17.6 Å². The van der Waals surface area contributed by atoms with Gasteiger partial charge in [-0.05, 0) is 79.6 Å². The van der Waals surface area contributed by atoms with Gasteiger partial charge < -0.3 is 15.0 Å². The maximum Gasteiger partial charge on any atom is 0.253 e. The topological polar surface area (TPSA) is 58.6 Å². The number of ether oxygens (including phenoxy) is 1. The molecule has 0 bridgehead atoms. The summed E-state index contributed by atoms with van der Waals surface area (Å²) in [5.74, 6) is 0.0305. The van der Waals surface area contributed by atoms with Crippen molar-refractivity contribution in [2.24, 2.45) is 5.92 Å². The van der Waals surface area contributed by atoms with Crippen molar-refractivity contribution in [3.63, 3.8) is 0 Å². The third-order valence-corrected chi connectivity index (χ3v) is 5.91. The van der Waals surface area contributed by atoms with E-state index in [2.05, 4.69) is 17.4 Å². The standard InChI is InChI=1S/C24H27FN2O3/c25-21-9-6-18(7-10-21)24(29)27-13-2-5-20(16-27)23(28)26-12-14-30-22-11-8-17-3-1-4-19(17)15-22/h6-11,15,20H,1-5,12-14,16H2,(H,26,28). The van der Waals surface area contributed by atoms with Crippen molar-refractivity contribution in [3.05, 3.63) is 65.0 Å². The van der Waals surface area contributed by atoms with E-state index in [0.717, 1.165) is 31.4 Å². The first-order valence-corrected chi connectivity index (χ1v) is 10.7. The summed E-state index contributed by atoms with van der Waals surface area (Å²) < 4.78 is 18.9. The molecule has 1 unspecified atom stereocenters. The molecule has 158 valence electrons. The number of nitrogens with zero attached hydrogens (tertiary/aromatic N) is 1. The normalized spacial score (nSPS) is 18.0. The first-order valence-electron chi connectivity index (χ1n) is 10.7. The number of carbonyl (C=O) groups is 2. The minimum absolute atomic E-state index is 0.0517. The van der Waals surface area contributed by atoms with Gasteiger partial charge in [-0.15, -0.1) is 0 Å². The molecule has 1 aliphatic carbocycles. The fourth-order valence-electron chi connectivity index (χ4n) is 4.28. The lowest BCUT2D eigenvalue weighted by atomic mass is 9.96. The van der Waals surface area contributed by atoms with Gasteiger partial charge in [-0.3, -0.25) is 9.59 Å². The van der Waals surface area contributed by atoms with Crippen LogP contribution in [0.5, 0.6) is 5.75 Å². The molecule has 2 aromatic rings. The molecule has 0 aromatic heterocycles. The average Bonchev–Trinajstić information content (AvgIpc) is 3.24. The summed E-state index contributed by atoms with van der Waals surface area (Å²) in [6.07, 6.45) is 4.99. The van der Waals surface area contributed by atoms with Gasteiger partial charge in [0.05, 0.1) is 12.5 Å². The third-order valence-electron chi connectivity index (χ3n) is 5.91. The van der Waals surface area contributed by atoms with Crippen LogP contribution in [0.25, 0.3) is 0 Å². The second-order valence-electron chi connectivity index (χ2n) is 8.02. The highest BCUT2D eigenvalue weighted by Crippen LogP contribution is 2.26. The SMILES string of the molecule is O=C(NCCOc1ccc2c(c1)CCC2)C1CCCN(C(=O)c2ccc(F)cc2)C1. The molecule has 1 aliphatic heterocycles. The first-order chi connectivity index (χ1) is 14.6. The Labute approximate surface area is 176 Å². The fourth-order valence-corrected chi connectivity index (χ4v) is 4.28. The van der Waals surface area contributed by atoms with E-state index < -0.39 is 0 Å². The minimum atomic E-state index is -0.371. The number of fused-ring (bicyclic) bond motifs is 1. The Morgan fingerprint density at radius 3 is 2.70 bits per heavy atom. The van der Waals surface area contributed by atoms with Gasteiger partial charge in [0.1, 0.15) is 18.2 Å². The van der Waals surface area contributed by atoms with Gasteiger partial charge in [-0.2, -0.15) is 0 Å². The summed E-state index contributed by atoms with van der Waals surface area (Å²) in [5.41, 5.74) is 3.22. The zero-order valence-electron chi connectivity index (χ0n) is 17.0. The number of carbonyl (C=O) groups excluding carboxylic acids is 2. The summed E-state index contributed by atoms with van der Waals surface area (Å²) in [6, 6.07) is 11.8. The van der Waals surface area contributed by atoms with Crippen molar-refractivity contribution in [2.75, 3.05) is 26.2 Å². The molecule has 1 fully saturated rings. The van der Waals surface area contributed by atoms with Crippen LogP contribution in [0.4, 0.5) is 4.39 Å². The lowest BCUT2D eigenvalue weighted by Crippen LogP contribution is -2.46. The Kier molecular flexibility index (Phi) is 6.31. The molecule has 0 radical (unpaired) electrons. The van der Waals surface area contributed by atoms with Crippen LogP contribution in [0.1, 0.15) is 40.7 Å². The number of aryl methyl sites for hydroxylation is 2. The maximum absolute atomic E-state index is 13.1. The quantitative estimate of drug-likeness (QED) is 0.743. The lowest BCUT2D eigenvalue weighted by Gasteiger charge is -2.32. The largest absolute Gasteiger partial charge is 0.492 e. The number of nitrogens with one attached hydrogen (secondary N) is 1. The number of hydrogen-bond donors (Lipinski definition) is 1. The molecule has 30 heavy (non-hydrogen) atoms. The molecule has 1 N–H and O–H groups in total. The van der Waals surface area contributed by atoms with Crippen LogP contribution >= 0.6 is 0 Å². The molecule has 4 rings (SSSR count). The van der Waals surface area contributed by atoms with Crippen molar-refractivity contribution in [2.45, 2.75) is 32.1 Å². The first kappa shape index (κ1) is 20.4. The van der Waals surface area contributed by atoms with Gasteiger partial charge in [-0.1, -0.05) is 6.07 Å². The molecule has 6 heteroatoms. The van der Waals surface area contributed by atoms with Crippen LogP contribution in [0.3, 0.4) is 0 Å². The zero-order chi connectivity index (χ0) is 20.9. The summed E-state index contributed by atoms with van der Waals surface area (Å²) in [4.78, 5) is 26.9. The number of rotatable bonds is 6. The number of hydrogen-bond acceptors (Lipinski definition) is 3. The summed E-state index contributed by atoms with van der Waals surface area (Å²) in [6.45, 7) is 1.84. The second kappa shape index (κ2) is 9.28. The molecule has 2 aromatic carbocycles. The second-order valence-corrected chi connectivity index (χ2v) is 8.02. The van der Waals surface area contributed by atoms with Gasteiger partial charge in [0, 0.05) is 18.7 Å². The average molecular weight is 410 g/mol. The maximum atomic E-state index is 13.1. The molecular formula is C24H27FN2O3. The van der Waals surface area contributed by atoms with E-state index in [1.807, 2.05) is 6.07 Å². The van der Waals surface area contributed by atoms with E-state index in [1.165, 1.54) is 41.8 Å². The van der Waals surface area contributed by atoms with Crippen LogP contribution < -0.4 is 10.1 Å². The summed E-state index contributed by atoms with van der Waals surface area (Å²) in [5, 5.41) is 2.93. The van der Waals surface area contributed by atoms with E-state index in [4.69, 9.17) is 4.74 Å². The highest BCUT2D eigenvalue weighted by atomic mass is 19.1. The molecule has 2 amide bonds. The monoisotopic (exact) mass is 410 g/mol. The van der Waals surface area contributed by atoms with Crippen LogP contribution in [0.15, 0.2) is 42.5 Å². The predicted molar refractivity (Wildman–Crippen MR) is 112 cm³/mol. The van der Waals surface area contributed by atoms with E-state index in [-0.39, 0.29) is 23.5 Å². The fraction of sp³-hybridized carbons (Fsp3) is 0.417. The highest BCUT2D eigenvalue weighted by Gasteiger charge is 2.28. The van der Waals surface area contributed by atoms with Gasteiger partial charge in [-0.25, -0.2) is 4.39 Å². The van der Waals surface area contributed by atoms with Crippen molar-refractivity contribution in [1.29, 1.82) is 0 Å². The molecule has 0 spiro atoms. The lowest BCUT2D eigenvalue weighted by molar-refractivity contribution is -0.126. The Balaban J connectivity index is 1.23. The number of piperidine rings is 1. The Morgan fingerprint density at radius 1 is 1.07 bits per heavy atom. The Bertz CT molecular complexity index is 913. The van der Waals surface area contributed by atoms with Gasteiger partial charge >= 0.3 is 0 Å². The molecule has 0 saturated carbocycles. The van der Waals surface area contributed by atoms with Crippen LogP contribution in [0.2, 0.25) is 0 Å². The molecular weight excluding hydrogens is 383 g/mol. The van der Waals surface area contributed by atoms with Gasteiger partial charge in [0.25, 0.3) is 5.91 Å². The predicted octanol–water partition coefficient (Wildman–Crippen LogP) is 3.36. The van der Waals surface area contributed by atoms with Gasteiger partial charge in [0.2, 0.25) is 5.91 Å². The minimum Gasteiger partial charge on any atom is -0.492 e. The van der Waals surface area contributed by atoms with Crippen LogP contribution in [-0.4, -0.2) is 43.0 Å². The summed E-state index contributed by atoms with van der Waals surface area (Å²) >= 11 is 0. The Hall–Kier alpha value is -2.89. The number of likely N-dealkylation sites (tertiary alicyclic amines) is 1. The zero-order valence-corrected chi connectivity index (χ0v) is 17.0. The van der Waals surface area contributed by atoms with E-state index >= 15 is 0 Å². The number of halogens is 1. The summed E-state index contributed by atoms with van der Waals surface area (Å²) in [7, 11) is 0. The number of benzene rings is 2. The molecule has 1 heterocycles. The van der Waals surface area contributed by atoms with Crippen LogP contribution in [0, 0.1) is 11.7 Å². The van der Waals surface area contributed by atoms with Crippen molar-refractivity contribution < 1.29 is 18.7 Å². The van der Waals surface area contributed by atoms with Crippen molar-refractivity contribution in [3.8, 4) is 5.75 Å². The van der Waals surface area contributed by atoms with E-state index in [0.29, 0.717) is 31.8 Å². The molecule has 1 atom stereocenters. The smallest absolute Gasteiger partial charge is 0.253 e. The number of amides is 2. The van der Waals surface area contributed by atoms with E-state index in [1.54, 1.807) is 4.90 Å². The van der Waals surface area contributed by atoms with Gasteiger partial charge in [0.15, 0.2) is 0 Å².